The molecule has 0 radical (unpaired) electrons. The van der Waals surface area contributed by atoms with E-state index in [0.717, 1.165) is 25.7 Å². The van der Waals surface area contributed by atoms with Crippen LogP contribution in [0.15, 0.2) is 0 Å². The first-order valence-electron chi connectivity index (χ1n) is 19.9. The van der Waals surface area contributed by atoms with Gasteiger partial charge in [0.1, 0.15) is 6.10 Å². The molecule has 0 heterocycles. The second kappa shape index (κ2) is 41.8. The minimum absolute atomic E-state index is 0.365. The molecule has 0 saturated carbocycles. The lowest BCUT2D eigenvalue weighted by molar-refractivity contribution is -0.212. The molecule has 0 bridgehead atoms. The maximum absolute atomic E-state index is 10.1. The lowest BCUT2D eigenvalue weighted by Gasteiger charge is -2.17. The molecule has 0 aliphatic heterocycles. The van der Waals surface area contributed by atoms with E-state index in [4.69, 9.17) is 20.1 Å². The third-order valence-electron chi connectivity index (χ3n) is 8.84. The average Bonchev–Trinajstić information content (AvgIpc) is 3.04. The lowest BCUT2D eigenvalue weighted by atomic mass is 10.0. The van der Waals surface area contributed by atoms with Gasteiger partial charge in [0.2, 0.25) is 0 Å². The van der Waals surface area contributed by atoms with Crippen molar-refractivity contribution in [1.29, 1.82) is 0 Å². The van der Waals surface area contributed by atoms with Crippen LogP contribution < -0.4 is 0 Å². The van der Waals surface area contributed by atoms with Crippen LogP contribution in [0.25, 0.3) is 0 Å². The van der Waals surface area contributed by atoms with Crippen LogP contribution in [0.3, 0.4) is 0 Å². The maximum atomic E-state index is 10.1. The first-order chi connectivity index (χ1) is 22.0. The van der Waals surface area contributed by atoms with Gasteiger partial charge in [-0.3, -0.25) is 0 Å². The molecule has 0 rings (SSSR count). The molecule has 0 aromatic carbocycles. The fraction of sp³-hybridized carbons (Fsp3) is 1.00. The van der Waals surface area contributed by atoms with Crippen LogP contribution in [-0.2, 0) is 4.74 Å². The van der Waals surface area contributed by atoms with Gasteiger partial charge in [0.25, 0.3) is 0 Å². The van der Waals surface area contributed by atoms with Crippen molar-refractivity contribution in [3.05, 3.63) is 0 Å². The SMILES string of the molecule is CCCCCCCCCCCCCCCCCC(O)OC(O)CCCCCCCCCCCCCCCCC.OCC(O)CO. The van der Waals surface area contributed by atoms with Crippen LogP contribution in [0.1, 0.15) is 219 Å². The Morgan fingerprint density at radius 3 is 0.711 bits per heavy atom. The fourth-order valence-electron chi connectivity index (χ4n) is 5.76. The standard InChI is InChI=1S/C36H74O3.C3H8O3/c1-3-5-7-9-11-13-15-17-19-21-23-25-27-29-31-33-35(37)39-36(38)34-32-30-28-26-24-22-20-18-16-14-12-10-8-6-4-2;4-1-3(6)2-5/h35-38H,3-34H2,1-2H3;3-6H,1-2H2. The molecule has 0 fully saturated rings. The molecule has 45 heavy (non-hydrogen) atoms. The number of hydrogen-bond donors (Lipinski definition) is 5. The number of aliphatic hydroxyl groups is 5. The summed E-state index contributed by atoms with van der Waals surface area (Å²) in [5.74, 6) is 0. The van der Waals surface area contributed by atoms with Gasteiger partial charge in [0, 0.05) is 0 Å². The van der Waals surface area contributed by atoms with Crippen molar-refractivity contribution in [2.75, 3.05) is 13.2 Å². The molecule has 0 saturated heterocycles. The van der Waals surface area contributed by atoms with E-state index in [9.17, 15) is 10.2 Å². The summed E-state index contributed by atoms with van der Waals surface area (Å²) in [6.07, 6.45) is 39.1. The molecule has 0 aromatic rings. The third-order valence-corrected chi connectivity index (χ3v) is 8.84. The van der Waals surface area contributed by atoms with E-state index >= 15 is 0 Å². The summed E-state index contributed by atoms with van der Waals surface area (Å²) in [5.41, 5.74) is 0. The first-order valence-corrected chi connectivity index (χ1v) is 19.9. The summed E-state index contributed by atoms with van der Waals surface area (Å²) in [6, 6.07) is 0. The Labute approximate surface area is 281 Å². The van der Waals surface area contributed by atoms with Crippen LogP contribution in [0.4, 0.5) is 0 Å². The Hall–Kier alpha value is -0.240. The van der Waals surface area contributed by atoms with Gasteiger partial charge in [-0.05, 0) is 25.7 Å². The zero-order valence-electron chi connectivity index (χ0n) is 30.4. The normalized spacial score (nSPS) is 12.8. The van der Waals surface area contributed by atoms with Crippen LogP contribution in [0.5, 0.6) is 0 Å². The van der Waals surface area contributed by atoms with Crippen LogP contribution in [0, 0.1) is 0 Å². The molecule has 0 amide bonds. The largest absolute Gasteiger partial charge is 0.394 e. The summed E-state index contributed by atoms with van der Waals surface area (Å²) < 4.78 is 5.40. The van der Waals surface area contributed by atoms with E-state index in [-0.39, 0.29) is 13.2 Å². The highest BCUT2D eigenvalue weighted by molar-refractivity contribution is 4.54. The molecule has 274 valence electrons. The predicted octanol–water partition coefficient (Wildman–Crippen LogP) is 10.5. The number of aliphatic hydroxyl groups excluding tert-OH is 5. The maximum Gasteiger partial charge on any atom is 0.157 e. The number of hydrogen-bond acceptors (Lipinski definition) is 6. The van der Waals surface area contributed by atoms with Gasteiger partial charge in [0.05, 0.1) is 13.2 Å². The molecule has 0 aliphatic rings. The van der Waals surface area contributed by atoms with Gasteiger partial charge in [-0.25, -0.2) is 0 Å². The summed E-state index contributed by atoms with van der Waals surface area (Å²) in [4.78, 5) is 0. The smallest absolute Gasteiger partial charge is 0.157 e. The van der Waals surface area contributed by atoms with Crippen LogP contribution >= 0.6 is 0 Å². The van der Waals surface area contributed by atoms with Gasteiger partial charge in [0.15, 0.2) is 12.6 Å². The van der Waals surface area contributed by atoms with E-state index in [1.165, 1.54) is 167 Å². The van der Waals surface area contributed by atoms with Crippen molar-refractivity contribution in [3.63, 3.8) is 0 Å². The van der Waals surface area contributed by atoms with Crippen molar-refractivity contribution < 1.29 is 30.3 Å². The van der Waals surface area contributed by atoms with Crippen molar-refractivity contribution >= 4 is 0 Å². The zero-order valence-corrected chi connectivity index (χ0v) is 30.4. The highest BCUT2D eigenvalue weighted by atomic mass is 16.7. The number of unbranched alkanes of at least 4 members (excludes halogenated alkanes) is 28. The van der Waals surface area contributed by atoms with E-state index in [2.05, 4.69) is 13.8 Å². The Morgan fingerprint density at radius 2 is 0.533 bits per heavy atom. The Kier molecular flexibility index (Phi) is 43.5. The van der Waals surface area contributed by atoms with Gasteiger partial charge in [-0.2, -0.15) is 0 Å². The molecule has 0 aliphatic carbocycles. The quantitative estimate of drug-likeness (QED) is 0.0342. The average molecular weight is 647 g/mol. The molecule has 2 unspecified atom stereocenters. The van der Waals surface area contributed by atoms with Crippen molar-refractivity contribution in [3.8, 4) is 0 Å². The summed E-state index contributed by atoms with van der Waals surface area (Å²) >= 11 is 0. The molecule has 6 heteroatoms. The number of ether oxygens (including phenoxy) is 1. The van der Waals surface area contributed by atoms with E-state index < -0.39 is 18.7 Å². The second-order valence-electron chi connectivity index (χ2n) is 13.5. The molecule has 6 nitrogen and oxygen atoms in total. The fourth-order valence-corrected chi connectivity index (χ4v) is 5.76. The van der Waals surface area contributed by atoms with E-state index in [0.29, 0.717) is 12.8 Å². The number of rotatable bonds is 36. The second-order valence-corrected chi connectivity index (χ2v) is 13.5. The summed E-state index contributed by atoms with van der Waals surface area (Å²) in [7, 11) is 0. The molecule has 0 spiro atoms. The highest BCUT2D eigenvalue weighted by Gasteiger charge is 2.11. The highest BCUT2D eigenvalue weighted by Crippen LogP contribution is 2.17. The van der Waals surface area contributed by atoms with Crippen molar-refractivity contribution in [2.24, 2.45) is 0 Å². The van der Waals surface area contributed by atoms with Gasteiger partial charge >= 0.3 is 0 Å². The minimum atomic E-state index is -0.954. The summed E-state index contributed by atoms with van der Waals surface area (Å²) in [5, 5.41) is 44.1. The first kappa shape index (κ1) is 46.9. The third kappa shape index (κ3) is 43.8. The molecule has 0 aromatic heterocycles. The van der Waals surface area contributed by atoms with Gasteiger partial charge < -0.3 is 30.3 Å². The monoisotopic (exact) mass is 647 g/mol. The molecule has 2 atom stereocenters. The Balaban J connectivity index is 0. The van der Waals surface area contributed by atoms with Gasteiger partial charge in [-0.15, -0.1) is 0 Å². The van der Waals surface area contributed by atoms with E-state index in [1.54, 1.807) is 0 Å². The minimum Gasteiger partial charge on any atom is -0.394 e. The Morgan fingerprint density at radius 1 is 0.333 bits per heavy atom. The van der Waals surface area contributed by atoms with Gasteiger partial charge in [-0.1, -0.05) is 194 Å². The molecular weight excluding hydrogens is 564 g/mol. The van der Waals surface area contributed by atoms with Crippen molar-refractivity contribution in [2.45, 2.75) is 238 Å². The molecular formula is C39H82O6. The van der Waals surface area contributed by atoms with E-state index in [1.807, 2.05) is 0 Å². The topological polar surface area (TPSA) is 110 Å². The van der Waals surface area contributed by atoms with Crippen LogP contribution in [0.2, 0.25) is 0 Å². The van der Waals surface area contributed by atoms with Crippen LogP contribution in [-0.4, -0.2) is 57.4 Å². The predicted molar refractivity (Wildman–Crippen MR) is 192 cm³/mol. The zero-order chi connectivity index (χ0) is 33.5. The summed E-state index contributed by atoms with van der Waals surface area (Å²) in [6.45, 7) is 3.84. The lowest BCUT2D eigenvalue weighted by Crippen LogP contribution is -2.21. The van der Waals surface area contributed by atoms with Crippen molar-refractivity contribution in [1.82, 2.24) is 0 Å². The Bertz CT molecular complexity index is 464. The molecule has 5 N–H and O–H groups in total.